The Hall–Kier alpha value is -2.26. The van der Waals surface area contributed by atoms with Crippen LogP contribution in [0.15, 0.2) is 47.4 Å². The summed E-state index contributed by atoms with van der Waals surface area (Å²) in [5, 5.41) is 2.50. The summed E-state index contributed by atoms with van der Waals surface area (Å²) in [5.41, 5.74) is -1.46. The quantitative estimate of drug-likeness (QED) is 0.814. The molecule has 0 radical (unpaired) electrons. The molecular weight excluding hydrogens is 369 g/mol. The molecule has 1 N–H and O–H groups in total. The Morgan fingerprint density at radius 2 is 1.67 bits per heavy atom. The van der Waals surface area contributed by atoms with Crippen LogP contribution in [0.2, 0.25) is 5.02 Å². The second-order valence-electron chi connectivity index (χ2n) is 4.88. The van der Waals surface area contributed by atoms with E-state index < -0.39 is 38.4 Å². The van der Waals surface area contributed by atoms with Crippen molar-refractivity contribution in [2.24, 2.45) is 0 Å². The monoisotopic (exact) mass is 376 g/mol. The first kappa shape index (κ1) is 16.6. The highest BCUT2D eigenvalue weighted by molar-refractivity contribution is 7.94. The zero-order valence-corrected chi connectivity index (χ0v) is 13.2. The van der Waals surface area contributed by atoms with Crippen molar-refractivity contribution in [1.82, 2.24) is 0 Å². The molecule has 1 aliphatic rings. The van der Waals surface area contributed by atoms with Crippen molar-refractivity contribution in [1.29, 1.82) is 0 Å². The molecule has 2 aromatic rings. The topological polar surface area (TPSA) is 66.5 Å². The SMILES string of the molecule is O=C1Nc2cc(C(F)(F)F)ccc2S(=O)(=O)N1c1ccc(Cl)cc1. The minimum absolute atomic E-state index is 0.0162. The predicted octanol–water partition coefficient (Wildman–Crippen LogP) is 4.10. The number of alkyl halides is 3. The van der Waals surface area contributed by atoms with E-state index in [1.54, 1.807) is 0 Å². The molecule has 24 heavy (non-hydrogen) atoms. The predicted molar refractivity (Wildman–Crippen MR) is 81.6 cm³/mol. The van der Waals surface area contributed by atoms with Crippen molar-refractivity contribution >= 4 is 39.0 Å². The van der Waals surface area contributed by atoms with Crippen LogP contribution in [0, 0.1) is 0 Å². The van der Waals surface area contributed by atoms with Gasteiger partial charge in [-0.2, -0.15) is 17.5 Å². The maximum absolute atomic E-state index is 12.7. The lowest BCUT2D eigenvalue weighted by atomic mass is 10.2. The van der Waals surface area contributed by atoms with Crippen LogP contribution in [0.5, 0.6) is 0 Å². The number of nitrogens with zero attached hydrogens (tertiary/aromatic N) is 1. The number of hydrogen-bond donors (Lipinski definition) is 1. The van der Waals surface area contributed by atoms with Gasteiger partial charge in [0.15, 0.2) is 0 Å². The first-order valence-electron chi connectivity index (χ1n) is 6.44. The van der Waals surface area contributed by atoms with Gasteiger partial charge in [-0.05, 0) is 42.5 Å². The molecule has 0 bridgehead atoms. The maximum atomic E-state index is 12.7. The number of rotatable bonds is 1. The summed E-state index contributed by atoms with van der Waals surface area (Å²) in [7, 11) is -4.35. The molecule has 126 valence electrons. The van der Waals surface area contributed by atoms with Gasteiger partial charge in [-0.1, -0.05) is 11.6 Å². The molecule has 2 aromatic carbocycles. The summed E-state index contributed by atoms with van der Waals surface area (Å²) in [6.45, 7) is 0. The number of urea groups is 1. The molecule has 5 nitrogen and oxygen atoms in total. The molecule has 0 spiro atoms. The first-order chi connectivity index (χ1) is 11.1. The first-order valence-corrected chi connectivity index (χ1v) is 8.25. The van der Waals surface area contributed by atoms with Gasteiger partial charge in [0, 0.05) is 5.02 Å². The molecule has 2 amide bonds. The van der Waals surface area contributed by atoms with Crippen LogP contribution in [0.4, 0.5) is 29.3 Å². The van der Waals surface area contributed by atoms with Gasteiger partial charge in [0.2, 0.25) is 0 Å². The number of benzene rings is 2. The van der Waals surface area contributed by atoms with E-state index in [2.05, 4.69) is 5.32 Å². The molecule has 0 aromatic heterocycles. The number of amides is 2. The van der Waals surface area contributed by atoms with Gasteiger partial charge in [-0.15, -0.1) is 0 Å². The summed E-state index contributed by atoms with van der Waals surface area (Å²) in [4.78, 5) is 11.7. The fourth-order valence-corrected chi connectivity index (χ4v) is 3.85. The van der Waals surface area contributed by atoms with E-state index in [1.165, 1.54) is 24.3 Å². The Labute approximate surface area is 139 Å². The molecule has 0 saturated carbocycles. The van der Waals surface area contributed by atoms with E-state index in [0.29, 0.717) is 21.5 Å². The number of anilines is 2. The van der Waals surface area contributed by atoms with Gasteiger partial charge >= 0.3 is 12.2 Å². The summed E-state index contributed by atoms with van der Waals surface area (Å²) < 4.78 is 63.9. The lowest BCUT2D eigenvalue weighted by Crippen LogP contribution is -2.44. The third kappa shape index (κ3) is 2.69. The van der Waals surface area contributed by atoms with E-state index in [-0.39, 0.29) is 5.69 Å². The number of sulfonamides is 1. The fourth-order valence-electron chi connectivity index (χ4n) is 2.23. The van der Waals surface area contributed by atoms with E-state index >= 15 is 0 Å². The van der Waals surface area contributed by atoms with Crippen molar-refractivity contribution in [3.05, 3.63) is 53.1 Å². The molecule has 0 atom stereocenters. The summed E-state index contributed by atoms with van der Waals surface area (Å²) in [5.74, 6) is 0. The average molecular weight is 377 g/mol. The molecule has 0 unspecified atom stereocenters. The second-order valence-corrected chi connectivity index (χ2v) is 7.08. The third-order valence-corrected chi connectivity index (χ3v) is 5.33. The number of carbonyl (C=O) groups excluding carboxylic acids is 1. The van der Waals surface area contributed by atoms with E-state index in [1.807, 2.05) is 0 Å². The highest BCUT2D eigenvalue weighted by Crippen LogP contribution is 2.38. The summed E-state index contributed by atoms with van der Waals surface area (Å²) >= 11 is 5.72. The molecule has 0 saturated heterocycles. The number of hydrogen-bond acceptors (Lipinski definition) is 3. The van der Waals surface area contributed by atoms with E-state index in [0.717, 1.165) is 6.07 Å². The van der Waals surface area contributed by atoms with Crippen LogP contribution in [-0.4, -0.2) is 14.4 Å². The van der Waals surface area contributed by atoms with Crippen LogP contribution >= 0.6 is 11.6 Å². The van der Waals surface area contributed by atoms with Crippen LogP contribution < -0.4 is 9.62 Å². The van der Waals surface area contributed by atoms with Gasteiger partial charge in [0.05, 0.1) is 16.9 Å². The Morgan fingerprint density at radius 3 is 2.25 bits per heavy atom. The second kappa shape index (κ2) is 5.38. The van der Waals surface area contributed by atoms with Gasteiger partial charge in [0.25, 0.3) is 10.0 Å². The van der Waals surface area contributed by atoms with Crippen LogP contribution in [-0.2, 0) is 16.2 Å². The molecule has 1 heterocycles. The molecule has 1 aliphatic heterocycles. The zero-order valence-electron chi connectivity index (χ0n) is 11.6. The minimum atomic E-state index is -4.66. The van der Waals surface area contributed by atoms with Crippen molar-refractivity contribution in [2.45, 2.75) is 11.1 Å². The van der Waals surface area contributed by atoms with Crippen molar-refractivity contribution in [2.75, 3.05) is 9.62 Å². The molecular formula is C14H8ClF3N2O3S. The van der Waals surface area contributed by atoms with Crippen molar-refractivity contribution < 1.29 is 26.4 Å². The smallest absolute Gasteiger partial charge is 0.305 e. The lowest BCUT2D eigenvalue weighted by molar-refractivity contribution is -0.137. The van der Waals surface area contributed by atoms with Gasteiger partial charge in [-0.25, -0.2) is 13.2 Å². The minimum Gasteiger partial charge on any atom is -0.305 e. The Morgan fingerprint density at radius 1 is 1.04 bits per heavy atom. The van der Waals surface area contributed by atoms with Crippen LogP contribution in [0.1, 0.15) is 5.56 Å². The lowest BCUT2D eigenvalue weighted by Gasteiger charge is -2.29. The number of carbonyl (C=O) groups is 1. The van der Waals surface area contributed by atoms with Crippen molar-refractivity contribution in [3.8, 4) is 0 Å². The number of nitrogens with one attached hydrogen (secondary N) is 1. The highest BCUT2D eigenvalue weighted by atomic mass is 35.5. The van der Waals surface area contributed by atoms with Gasteiger partial charge < -0.3 is 5.32 Å². The molecule has 3 rings (SSSR count). The zero-order chi connectivity index (χ0) is 17.7. The average Bonchev–Trinajstić information content (AvgIpc) is 2.47. The Balaban J connectivity index is 2.13. The van der Waals surface area contributed by atoms with E-state index in [9.17, 15) is 26.4 Å². The van der Waals surface area contributed by atoms with Gasteiger partial charge in [-0.3, -0.25) is 0 Å². The largest absolute Gasteiger partial charge is 0.416 e. The van der Waals surface area contributed by atoms with Gasteiger partial charge in [0.1, 0.15) is 4.90 Å². The van der Waals surface area contributed by atoms with Crippen LogP contribution in [0.25, 0.3) is 0 Å². The Bertz CT molecular complexity index is 927. The number of fused-ring (bicyclic) bond motifs is 1. The molecule has 0 aliphatic carbocycles. The number of halogens is 4. The molecule has 0 fully saturated rings. The van der Waals surface area contributed by atoms with E-state index in [4.69, 9.17) is 11.6 Å². The Kier molecular flexibility index (Phi) is 3.72. The maximum Gasteiger partial charge on any atom is 0.416 e. The third-order valence-electron chi connectivity index (χ3n) is 3.31. The van der Waals surface area contributed by atoms with Crippen molar-refractivity contribution in [3.63, 3.8) is 0 Å². The molecule has 10 heteroatoms. The summed E-state index contributed by atoms with van der Waals surface area (Å²) in [6.07, 6.45) is -4.66. The normalized spacial score (nSPS) is 16.5. The summed E-state index contributed by atoms with van der Waals surface area (Å²) in [6, 6.07) is 6.38. The fraction of sp³-hybridized carbons (Fsp3) is 0.0714. The standard InChI is InChI=1S/C14H8ClF3N2O3S/c15-9-2-4-10(5-3-9)20-13(21)19-11-7-8(14(16,17)18)1-6-12(11)24(20,22)23/h1-7H,(H,19,21). The highest BCUT2D eigenvalue weighted by Gasteiger charge is 2.40. The van der Waals surface area contributed by atoms with Crippen LogP contribution in [0.3, 0.4) is 0 Å².